The van der Waals surface area contributed by atoms with Crippen molar-refractivity contribution in [2.75, 3.05) is 0 Å². The zero-order chi connectivity index (χ0) is 18.3. The van der Waals surface area contributed by atoms with Gasteiger partial charge in [0.25, 0.3) is 0 Å². The summed E-state index contributed by atoms with van der Waals surface area (Å²) in [5, 5.41) is 0. The van der Waals surface area contributed by atoms with E-state index in [1.54, 1.807) is 26.8 Å². The van der Waals surface area contributed by atoms with Crippen LogP contribution in [0.5, 0.6) is 0 Å². The molecule has 4 nitrogen and oxygen atoms in total. The van der Waals surface area contributed by atoms with Crippen LogP contribution < -0.4 is 0 Å². The van der Waals surface area contributed by atoms with Crippen molar-refractivity contribution >= 4 is 18.0 Å². The van der Waals surface area contributed by atoms with E-state index in [1.807, 2.05) is 45.9 Å². The zero-order valence-electron chi connectivity index (χ0n) is 15.5. The van der Waals surface area contributed by atoms with E-state index in [2.05, 4.69) is 0 Å². The predicted molar refractivity (Wildman–Crippen MR) is 93.6 cm³/mol. The van der Waals surface area contributed by atoms with Crippen LogP contribution in [0.4, 0.5) is 0 Å². The van der Waals surface area contributed by atoms with Gasteiger partial charge < -0.3 is 9.47 Å². The normalized spacial score (nSPS) is 17.1. The summed E-state index contributed by atoms with van der Waals surface area (Å²) in [5.41, 5.74) is 1.80. The van der Waals surface area contributed by atoms with Gasteiger partial charge in [-0.15, -0.1) is 0 Å². The molecule has 1 aliphatic rings. The maximum absolute atomic E-state index is 12.7. The highest BCUT2D eigenvalue weighted by molar-refractivity contribution is 6.06. The van der Waals surface area contributed by atoms with Crippen molar-refractivity contribution in [3.8, 4) is 0 Å². The topological polar surface area (TPSA) is 52.6 Å². The molecule has 0 saturated heterocycles. The molecule has 0 saturated carbocycles. The van der Waals surface area contributed by atoms with Gasteiger partial charge in [-0.3, -0.25) is 4.79 Å². The number of hydrogen-bond acceptors (Lipinski definition) is 4. The summed E-state index contributed by atoms with van der Waals surface area (Å²) in [6.45, 7) is 12.8. The van der Waals surface area contributed by atoms with E-state index >= 15 is 0 Å². The number of ether oxygens (including phenoxy) is 2. The van der Waals surface area contributed by atoms with Crippen molar-refractivity contribution in [3.05, 3.63) is 40.5 Å². The molecule has 0 aliphatic heterocycles. The number of carbonyl (C=O) groups is 2. The lowest BCUT2D eigenvalue weighted by molar-refractivity contribution is -0.159. The highest BCUT2D eigenvalue weighted by Crippen LogP contribution is 2.40. The largest absolute Gasteiger partial charge is 0.459 e. The number of benzene rings is 1. The number of rotatable bonds is 2. The molecule has 0 N–H and O–H groups in total. The lowest BCUT2D eigenvalue weighted by Gasteiger charge is -2.25. The van der Waals surface area contributed by atoms with Gasteiger partial charge in [0.2, 0.25) is 0 Å². The van der Waals surface area contributed by atoms with E-state index in [4.69, 9.17) is 9.47 Å². The summed E-state index contributed by atoms with van der Waals surface area (Å²) in [6.07, 6.45) is 1.76. The second kappa shape index (κ2) is 6.08. The van der Waals surface area contributed by atoms with Gasteiger partial charge in [0.1, 0.15) is 17.1 Å². The highest BCUT2D eigenvalue weighted by atomic mass is 16.6. The summed E-state index contributed by atoms with van der Waals surface area (Å²) >= 11 is 0. The first-order chi connectivity index (χ1) is 10.9. The molecule has 130 valence electrons. The number of fused-ring (bicyclic) bond motifs is 1. The van der Waals surface area contributed by atoms with Crippen molar-refractivity contribution in [3.63, 3.8) is 0 Å². The van der Waals surface area contributed by atoms with Gasteiger partial charge >= 0.3 is 11.9 Å². The van der Waals surface area contributed by atoms with Gasteiger partial charge in [-0.1, -0.05) is 18.2 Å². The quantitative estimate of drug-likeness (QED) is 0.764. The van der Waals surface area contributed by atoms with E-state index in [1.165, 1.54) is 0 Å². The van der Waals surface area contributed by atoms with Crippen LogP contribution in [0.15, 0.2) is 23.8 Å². The Balaban J connectivity index is 2.44. The van der Waals surface area contributed by atoms with E-state index in [0.717, 1.165) is 16.7 Å². The average molecular weight is 330 g/mol. The molecule has 4 heteroatoms. The Morgan fingerprint density at radius 3 is 2.08 bits per heavy atom. The molecule has 1 aromatic carbocycles. The first-order valence-corrected chi connectivity index (χ1v) is 8.16. The first kappa shape index (κ1) is 18.2. The van der Waals surface area contributed by atoms with Crippen LogP contribution in [-0.2, 0) is 19.1 Å². The van der Waals surface area contributed by atoms with E-state index in [-0.39, 0.29) is 0 Å². The maximum atomic E-state index is 12.7. The zero-order valence-corrected chi connectivity index (χ0v) is 15.5. The van der Waals surface area contributed by atoms with Gasteiger partial charge in [0, 0.05) is 0 Å². The molecule has 0 amide bonds. The molecule has 1 aliphatic carbocycles. The third-order valence-electron chi connectivity index (χ3n) is 3.56. The van der Waals surface area contributed by atoms with E-state index in [0.29, 0.717) is 5.57 Å². The summed E-state index contributed by atoms with van der Waals surface area (Å²) in [7, 11) is 0. The van der Waals surface area contributed by atoms with Crippen LogP contribution in [0, 0.1) is 6.92 Å². The van der Waals surface area contributed by atoms with Crippen LogP contribution in [0.1, 0.15) is 64.2 Å². The fourth-order valence-electron chi connectivity index (χ4n) is 2.69. The summed E-state index contributed by atoms with van der Waals surface area (Å²) in [4.78, 5) is 25.4. The van der Waals surface area contributed by atoms with Gasteiger partial charge in [0.15, 0.2) is 0 Å². The van der Waals surface area contributed by atoms with E-state index in [9.17, 15) is 9.59 Å². The van der Waals surface area contributed by atoms with E-state index < -0.39 is 29.1 Å². The average Bonchev–Trinajstić information content (AvgIpc) is 2.75. The van der Waals surface area contributed by atoms with Crippen molar-refractivity contribution in [1.29, 1.82) is 0 Å². The summed E-state index contributed by atoms with van der Waals surface area (Å²) in [6, 6.07) is 5.71. The van der Waals surface area contributed by atoms with Crippen LogP contribution >= 0.6 is 0 Å². The lowest BCUT2D eigenvalue weighted by atomic mass is 9.94. The molecule has 1 atom stereocenters. The Labute approximate surface area is 143 Å². The number of hydrogen-bond donors (Lipinski definition) is 0. The minimum absolute atomic E-state index is 0.337. The minimum Gasteiger partial charge on any atom is -0.459 e. The second-order valence-electron chi connectivity index (χ2n) is 8.15. The number of esters is 2. The molecule has 24 heavy (non-hydrogen) atoms. The molecule has 1 aromatic rings. The lowest BCUT2D eigenvalue weighted by Crippen LogP contribution is -2.31. The summed E-state index contributed by atoms with van der Waals surface area (Å²) in [5.74, 6) is -1.65. The molecule has 0 radical (unpaired) electrons. The van der Waals surface area contributed by atoms with Crippen molar-refractivity contribution in [1.82, 2.24) is 0 Å². The van der Waals surface area contributed by atoms with Crippen molar-refractivity contribution in [2.24, 2.45) is 0 Å². The molecular formula is C20H26O4. The van der Waals surface area contributed by atoms with Crippen molar-refractivity contribution < 1.29 is 19.1 Å². The fourth-order valence-corrected chi connectivity index (χ4v) is 2.69. The highest BCUT2D eigenvalue weighted by Gasteiger charge is 2.40. The smallest absolute Gasteiger partial charge is 0.335 e. The van der Waals surface area contributed by atoms with Gasteiger partial charge in [-0.25, -0.2) is 4.79 Å². The van der Waals surface area contributed by atoms with Crippen LogP contribution in [0.25, 0.3) is 6.08 Å². The molecule has 2 rings (SSSR count). The van der Waals surface area contributed by atoms with Gasteiger partial charge in [-0.05, 0) is 71.2 Å². The van der Waals surface area contributed by atoms with Crippen LogP contribution in [-0.4, -0.2) is 23.1 Å². The van der Waals surface area contributed by atoms with Crippen LogP contribution in [0.2, 0.25) is 0 Å². The Morgan fingerprint density at radius 1 is 0.958 bits per heavy atom. The van der Waals surface area contributed by atoms with Gasteiger partial charge in [-0.2, -0.15) is 0 Å². The Morgan fingerprint density at radius 2 is 1.54 bits per heavy atom. The Bertz CT molecular complexity index is 699. The molecule has 1 unspecified atom stereocenters. The number of carbonyl (C=O) groups excluding carboxylic acids is 2. The second-order valence-corrected chi connectivity index (χ2v) is 8.15. The predicted octanol–water partition coefficient (Wildman–Crippen LogP) is 4.16. The monoisotopic (exact) mass is 330 g/mol. The molecule has 0 aromatic heterocycles. The maximum Gasteiger partial charge on any atom is 0.335 e. The molecule has 0 spiro atoms. The Hall–Kier alpha value is -2.10. The molecule has 0 bridgehead atoms. The molecule has 0 fully saturated rings. The Kier molecular flexibility index (Phi) is 4.62. The van der Waals surface area contributed by atoms with Crippen LogP contribution in [0.3, 0.4) is 0 Å². The van der Waals surface area contributed by atoms with Crippen molar-refractivity contribution in [2.45, 2.75) is 65.6 Å². The third kappa shape index (κ3) is 4.05. The first-order valence-electron chi connectivity index (χ1n) is 8.16. The van der Waals surface area contributed by atoms with Gasteiger partial charge in [0.05, 0.1) is 5.57 Å². The minimum atomic E-state index is -0.742. The summed E-state index contributed by atoms with van der Waals surface area (Å²) < 4.78 is 11.0. The number of aryl methyl sites for hydroxylation is 1. The SMILES string of the molecule is Cc1cccc2c1C=C(C(=O)OC(C)(C)C)C2C(=O)OC(C)(C)C. The standard InChI is InChI=1S/C20H26O4/c1-12-9-8-10-13-14(12)11-15(17(21)23-19(2,3)4)16(13)18(22)24-20(5,6)7/h8-11,16H,1-7H3. The molecular weight excluding hydrogens is 304 g/mol. The third-order valence-corrected chi connectivity index (χ3v) is 3.56. The fraction of sp³-hybridized carbons (Fsp3) is 0.500. The molecule has 0 heterocycles.